The lowest BCUT2D eigenvalue weighted by Gasteiger charge is -2.06. The van der Waals surface area contributed by atoms with Crippen LogP contribution in [0.4, 0.5) is 5.82 Å². The monoisotopic (exact) mass is 254 g/mol. The first kappa shape index (κ1) is 11.6. The average Bonchev–Trinajstić information content (AvgIpc) is 2.74. The molecule has 2 heterocycles. The van der Waals surface area contributed by atoms with Gasteiger partial charge in [-0.2, -0.15) is 10.1 Å². The summed E-state index contributed by atoms with van der Waals surface area (Å²) < 4.78 is 6.53. The number of nitrogens with one attached hydrogen (secondary N) is 1. The standard InChI is InChI=1S/C9H11ClN6O/c1-16-5-13-7(15-16)4-11-8-6(10)3-12-9(14-8)17-2/h3,5H,4H2,1-2H3,(H,11,12,14). The summed E-state index contributed by atoms with van der Waals surface area (Å²) in [5.41, 5.74) is 0. The predicted molar refractivity (Wildman–Crippen MR) is 61.9 cm³/mol. The third-order valence-corrected chi connectivity index (χ3v) is 2.24. The summed E-state index contributed by atoms with van der Waals surface area (Å²) in [6.45, 7) is 0.431. The Morgan fingerprint density at radius 3 is 2.94 bits per heavy atom. The zero-order valence-electron chi connectivity index (χ0n) is 9.38. The van der Waals surface area contributed by atoms with Gasteiger partial charge >= 0.3 is 6.01 Å². The van der Waals surface area contributed by atoms with Crippen LogP contribution in [-0.4, -0.2) is 31.8 Å². The highest BCUT2D eigenvalue weighted by Crippen LogP contribution is 2.20. The maximum Gasteiger partial charge on any atom is 0.318 e. The van der Waals surface area contributed by atoms with Crippen LogP contribution in [0.2, 0.25) is 5.02 Å². The fraction of sp³-hybridized carbons (Fsp3) is 0.333. The van der Waals surface area contributed by atoms with Gasteiger partial charge in [0.1, 0.15) is 11.3 Å². The second-order valence-electron chi connectivity index (χ2n) is 3.24. The van der Waals surface area contributed by atoms with E-state index >= 15 is 0 Å². The zero-order valence-corrected chi connectivity index (χ0v) is 10.1. The van der Waals surface area contributed by atoms with Crippen molar-refractivity contribution in [2.75, 3.05) is 12.4 Å². The lowest BCUT2D eigenvalue weighted by molar-refractivity contribution is 0.380. The first-order valence-electron chi connectivity index (χ1n) is 4.84. The van der Waals surface area contributed by atoms with Gasteiger partial charge in [-0.1, -0.05) is 11.6 Å². The van der Waals surface area contributed by atoms with E-state index in [4.69, 9.17) is 16.3 Å². The lowest BCUT2D eigenvalue weighted by Crippen LogP contribution is -2.05. The van der Waals surface area contributed by atoms with Crippen LogP contribution in [0.15, 0.2) is 12.5 Å². The molecule has 2 rings (SSSR count). The zero-order chi connectivity index (χ0) is 12.3. The molecule has 7 nitrogen and oxygen atoms in total. The molecular formula is C9H11ClN6O. The third kappa shape index (κ3) is 2.82. The van der Waals surface area contributed by atoms with Crippen LogP contribution in [0.5, 0.6) is 6.01 Å². The molecule has 0 unspecified atom stereocenters. The normalized spacial score (nSPS) is 10.3. The van der Waals surface area contributed by atoms with Crippen LogP contribution in [0.25, 0.3) is 0 Å². The number of methoxy groups -OCH3 is 1. The van der Waals surface area contributed by atoms with Crippen molar-refractivity contribution in [3.63, 3.8) is 0 Å². The fourth-order valence-electron chi connectivity index (χ4n) is 1.20. The van der Waals surface area contributed by atoms with Crippen molar-refractivity contribution in [2.45, 2.75) is 6.54 Å². The Balaban J connectivity index is 2.07. The quantitative estimate of drug-likeness (QED) is 0.873. The Bertz CT molecular complexity index is 514. The molecule has 90 valence electrons. The first-order chi connectivity index (χ1) is 8.19. The molecule has 0 saturated carbocycles. The molecule has 2 aromatic rings. The summed E-state index contributed by atoms with van der Waals surface area (Å²) in [7, 11) is 3.30. The molecule has 0 saturated heterocycles. The maximum atomic E-state index is 5.94. The fourth-order valence-corrected chi connectivity index (χ4v) is 1.36. The summed E-state index contributed by atoms with van der Waals surface area (Å²) in [5, 5.41) is 7.56. The Hall–Kier alpha value is -1.89. The molecule has 8 heteroatoms. The van der Waals surface area contributed by atoms with Gasteiger partial charge in [-0.3, -0.25) is 4.68 Å². The first-order valence-corrected chi connectivity index (χ1v) is 5.21. The largest absolute Gasteiger partial charge is 0.467 e. The summed E-state index contributed by atoms with van der Waals surface area (Å²) >= 11 is 5.94. The molecule has 0 aromatic carbocycles. The molecule has 2 aromatic heterocycles. The van der Waals surface area contributed by atoms with Crippen molar-refractivity contribution in [3.05, 3.63) is 23.4 Å². The number of halogens is 1. The average molecular weight is 255 g/mol. The van der Waals surface area contributed by atoms with E-state index in [9.17, 15) is 0 Å². The number of aromatic nitrogens is 5. The Labute approximate surface area is 103 Å². The molecule has 1 N–H and O–H groups in total. The van der Waals surface area contributed by atoms with Crippen molar-refractivity contribution in [1.29, 1.82) is 0 Å². The minimum Gasteiger partial charge on any atom is -0.467 e. The molecule has 0 aliphatic carbocycles. The van der Waals surface area contributed by atoms with Crippen LogP contribution < -0.4 is 10.1 Å². The predicted octanol–water partition coefficient (Wildman–Crippen LogP) is 0.879. The summed E-state index contributed by atoms with van der Waals surface area (Å²) in [6.07, 6.45) is 3.10. The van der Waals surface area contributed by atoms with Crippen molar-refractivity contribution >= 4 is 17.4 Å². The maximum absolute atomic E-state index is 5.94. The number of hydrogen-bond acceptors (Lipinski definition) is 6. The van der Waals surface area contributed by atoms with Crippen molar-refractivity contribution in [2.24, 2.45) is 7.05 Å². The highest BCUT2D eigenvalue weighted by molar-refractivity contribution is 6.32. The van der Waals surface area contributed by atoms with E-state index in [-0.39, 0.29) is 6.01 Å². The molecule has 0 bridgehead atoms. The van der Waals surface area contributed by atoms with Gasteiger partial charge in [0.15, 0.2) is 11.6 Å². The molecule has 0 spiro atoms. The van der Waals surface area contributed by atoms with E-state index in [2.05, 4.69) is 25.4 Å². The van der Waals surface area contributed by atoms with Crippen LogP contribution in [0.1, 0.15) is 5.82 Å². The van der Waals surface area contributed by atoms with E-state index in [1.807, 2.05) is 0 Å². The topological polar surface area (TPSA) is 77.8 Å². The third-order valence-electron chi connectivity index (χ3n) is 1.97. The summed E-state index contributed by atoms with van der Waals surface area (Å²) in [4.78, 5) is 12.0. The second kappa shape index (κ2) is 4.96. The minimum atomic E-state index is 0.255. The van der Waals surface area contributed by atoms with E-state index in [0.717, 1.165) is 0 Å². The molecule has 0 amide bonds. The Morgan fingerprint density at radius 1 is 1.47 bits per heavy atom. The van der Waals surface area contributed by atoms with Crippen molar-refractivity contribution in [1.82, 2.24) is 24.7 Å². The van der Waals surface area contributed by atoms with Crippen LogP contribution >= 0.6 is 11.6 Å². The van der Waals surface area contributed by atoms with E-state index < -0.39 is 0 Å². The van der Waals surface area contributed by atoms with Gasteiger partial charge in [0.05, 0.1) is 19.9 Å². The second-order valence-corrected chi connectivity index (χ2v) is 3.65. The van der Waals surface area contributed by atoms with Crippen LogP contribution in [0, 0.1) is 0 Å². The molecule has 0 atom stereocenters. The number of aryl methyl sites for hydroxylation is 1. The van der Waals surface area contributed by atoms with Crippen LogP contribution in [0.3, 0.4) is 0 Å². The molecular weight excluding hydrogens is 244 g/mol. The van der Waals surface area contributed by atoms with Gasteiger partial charge in [-0.05, 0) is 0 Å². The molecule has 0 radical (unpaired) electrons. The SMILES string of the molecule is COc1ncc(Cl)c(NCc2ncn(C)n2)n1. The van der Waals surface area contributed by atoms with Gasteiger partial charge in [0, 0.05) is 7.05 Å². The van der Waals surface area contributed by atoms with E-state index in [1.165, 1.54) is 13.3 Å². The number of anilines is 1. The van der Waals surface area contributed by atoms with Gasteiger partial charge in [-0.15, -0.1) is 0 Å². The Morgan fingerprint density at radius 2 is 2.29 bits per heavy atom. The molecule has 0 fully saturated rings. The molecule has 17 heavy (non-hydrogen) atoms. The smallest absolute Gasteiger partial charge is 0.318 e. The van der Waals surface area contributed by atoms with Gasteiger partial charge in [0.2, 0.25) is 0 Å². The van der Waals surface area contributed by atoms with Crippen molar-refractivity contribution < 1.29 is 4.74 Å². The highest BCUT2D eigenvalue weighted by Gasteiger charge is 2.06. The van der Waals surface area contributed by atoms with Crippen LogP contribution in [-0.2, 0) is 13.6 Å². The number of ether oxygens (including phenoxy) is 1. The summed E-state index contributed by atoms with van der Waals surface area (Å²) in [6, 6.07) is 0.255. The van der Waals surface area contributed by atoms with Crippen molar-refractivity contribution in [3.8, 4) is 6.01 Å². The lowest BCUT2D eigenvalue weighted by atomic mass is 10.5. The molecule has 0 aliphatic heterocycles. The van der Waals surface area contributed by atoms with Gasteiger partial charge < -0.3 is 10.1 Å². The number of hydrogen-bond donors (Lipinski definition) is 1. The summed E-state index contributed by atoms with van der Waals surface area (Å²) in [5.74, 6) is 1.15. The number of nitrogens with zero attached hydrogens (tertiary/aromatic N) is 5. The van der Waals surface area contributed by atoms with Gasteiger partial charge in [-0.25, -0.2) is 9.97 Å². The van der Waals surface area contributed by atoms with E-state index in [0.29, 0.717) is 23.2 Å². The van der Waals surface area contributed by atoms with Gasteiger partial charge in [0.25, 0.3) is 0 Å². The number of rotatable bonds is 4. The Kier molecular flexibility index (Phi) is 3.38. The highest BCUT2D eigenvalue weighted by atomic mass is 35.5. The molecule has 0 aliphatic rings. The van der Waals surface area contributed by atoms with E-state index in [1.54, 1.807) is 18.1 Å². The minimum absolute atomic E-state index is 0.255.